The Bertz CT molecular complexity index is 179. The number of methoxy groups -OCH3 is 1. The highest BCUT2D eigenvalue weighted by molar-refractivity contribution is 5.77. The molecule has 4 heteroatoms. The molecule has 2 N–H and O–H groups in total. The second-order valence-corrected chi connectivity index (χ2v) is 4.12. The van der Waals surface area contributed by atoms with Crippen molar-refractivity contribution in [1.29, 1.82) is 0 Å². The van der Waals surface area contributed by atoms with Gasteiger partial charge in [-0.15, -0.1) is 0 Å². The summed E-state index contributed by atoms with van der Waals surface area (Å²) in [6, 6.07) is 0. The van der Waals surface area contributed by atoms with Crippen LogP contribution in [0, 0.1) is 5.92 Å². The van der Waals surface area contributed by atoms with Crippen LogP contribution in [0.4, 0.5) is 0 Å². The number of hydrogen-bond acceptors (Lipinski definition) is 3. The van der Waals surface area contributed by atoms with E-state index in [9.17, 15) is 4.79 Å². The minimum absolute atomic E-state index is 0.0954. The fraction of sp³-hybridized carbons (Fsp3) is 0.909. The first-order valence-electron chi connectivity index (χ1n) is 5.79. The Morgan fingerprint density at radius 2 is 2.13 bits per heavy atom. The van der Waals surface area contributed by atoms with Crippen LogP contribution in [0.15, 0.2) is 0 Å². The Morgan fingerprint density at radius 3 is 2.80 bits per heavy atom. The molecule has 0 aromatic rings. The van der Waals surface area contributed by atoms with Crippen molar-refractivity contribution in [3.63, 3.8) is 0 Å². The Kier molecular flexibility index (Phi) is 6.36. The van der Waals surface area contributed by atoms with Crippen LogP contribution < -0.4 is 10.6 Å². The van der Waals surface area contributed by atoms with Crippen molar-refractivity contribution in [2.24, 2.45) is 5.92 Å². The van der Waals surface area contributed by atoms with Crippen molar-refractivity contribution >= 4 is 5.91 Å². The van der Waals surface area contributed by atoms with Gasteiger partial charge in [-0.25, -0.2) is 0 Å². The number of carbonyl (C=O) groups excluding carboxylic acids is 1. The number of carbonyl (C=O) groups is 1. The normalized spacial score (nSPS) is 16.9. The number of amides is 1. The summed E-state index contributed by atoms with van der Waals surface area (Å²) in [7, 11) is 1.65. The van der Waals surface area contributed by atoms with Crippen LogP contribution in [0.25, 0.3) is 0 Å². The quantitative estimate of drug-likeness (QED) is 0.608. The van der Waals surface area contributed by atoms with E-state index in [2.05, 4.69) is 10.6 Å². The number of hydrogen-bond donors (Lipinski definition) is 2. The summed E-state index contributed by atoms with van der Waals surface area (Å²) >= 11 is 0. The highest BCUT2D eigenvalue weighted by Gasteiger charge is 2.15. The molecule has 0 aliphatic heterocycles. The van der Waals surface area contributed by atoms with Gasteiger partial charge in [0, 0.05) is 20.2 Å². The third-order valence-electron chi connectivity index (χ3n) is 2.83. The van der Waals surface area contributed by atoms with Gasteiger partial charge >= 0.3 is 0 Å². The van der Waals surface area contributed by atoms with E-state index >= 15 is 0 Å². The Morgan fingerprint density at radius 1 is 1.40 bits per heavy atom. The molecule has 1 aliphatic rings. The maximum Gasteiger partial charge on any atom is 0.233 e. The molecule has 0 heterocycles. The van der Waals surface area contributed by atoms with Crippen molar-refractivity contribution in [1.82, 2.24) is 10.6 Å². The monoisotopic (exact) mass is 214 g/mol. The second kappa shape index (κ2) is 7.65. The van der Waals surface area contributed by atoms with Crippen LogP contribution in [0.2, 0.25) is 0 Å². The van der Waals surface area contributed by atoms with Crippen molar-refractivity contribution < 1.29 is 9.53 Å². The summed E-state index contributed by atoms with van der Waals surface area (Å²) in [5, 5.41) is 5.98. The lowest BCUT2D eigenvalue weighted by atomic mass is 10.1. The summed E-state index contributed by atoms with van der Waals surface area (Å²) in [6.07, 6.45) is 5.20. The van der Waals surface area contributed by atoms with Crippen molar-refractivity contribution in [3.05, 3.63) is 0 Å². The smallest absolute Gasteiger partial charge is 0.233 e. The molecule has 1 amide bonds. The second-order valence-electron chi connectivity index (χ2n) is 4.12. The van der Waals surface area contributed by atoms with E-state index in [0.29, 0.717) is 19.1 Å². The molecule has 15 heavy (non-hydrogen) atoms. The molecule has 0 saturated heterocycles. The van der Waals surface area contributed by atoms with E-state index in [-0.39, 0.29) is 5.91 Å². The van der Waals surface area contributed by atoms with E-state index in [1.807, 2.05) is 0 Å². The first-order valence-corrected chi connectivity index (χ1v) is 5.79. The lowest BCUT2D eigenvalue weighted by molar-refractivity contribution is -0.120. The van der Waals surface area contributed by atoms with Gasteiger partial charge in [-0.2, -0.15) is 0 Å². The minimum Gasteiger partial charge on any atom is -0.383 e. The lowest BCUT2D eigenvalue weighted by Gasteiger charge is -2.10. The summed E-state index contributed by atoms with van der Waals surface area (Å²) in [4.78, 5) is 11.3. The van der Waals surface area contributed by atoms with Crippen molar-refractivity contribution in [3.8, 4) is 0 Å². The van der Waals surface area contributed by atoms with Gasteiger partial charge in [0.05, 0.1) is 13.2 Å². The molecule has 4 nitrogen and oxygen atoms in total. The molecule has 1 fully saturated rings. The third-order valence-corrected chi connectivity index (χ3v) is 2.83. The van der Waals surface area contributed by atoms with Crippen molar-refractivity contribution in [2.45, 2.75) is 25.7 Å². The molecule has 1 rings (SSSR count). The molecule has 0 unspecified atom stereocenters. The van der Waals surface area contributed by atoms with E-state index in [4.69, 9.17) is 4.74 Å². The average Bonchev–Trinajstić information content (AvgIpc) is 2.74. The van der Waals surface area contributed by atoms with Crippen LogP contribution >= 0.6 is 0 Å². The van der Waals surface area contributed by atoms with Crippen LogP contribution in [0.3, 0.4) is 0 Å². The summed E-state index contributed by atoms with van der Waals surface area (Å²) < 4.78 is 4.87. The molecular weight excluding hydrogens is 192 g/mol. The van der Waals surface area contributed by atoms with E-state index in [1.165, 1.54) is 25.7 Å². The summed E-state index contributed by atoms with van der Waals surface area (Å²) in [5.74, 6) is 0.811. The maximum absolute atomic E-state index is 11.3. The van der Waals surface area contributed by atoms with Gasteiger partial charge in [-0.05, 0) is 18.8 Å². The van der Waals surface area contributed by atoms with Crippen LogP contribution in [-0.2, 0) is 9.53 Å². The minimum atomic E-state index is 0.0954. The zero-order chi connectivity index (χ0) is 10.9. The van der Waals surface area contributed by atoms with Crippen LogP contribution in [0.1, 0.15) is 25.7 Å². The van der Waals surface area contributed by atoms with Crippen LogP contribution in [0.5, 0.6) is 0 Å². The largest absolute Gasteiger partial charge is 0.383 e. The van der Waals surface area contributed by atoms with E-state index in [0.717, 1.165) is 13.1 Å². The molecule has 0 radical (unpaired) electrons. The standard InChI is InChI=1S/C11H22N2O2/c1-15-7-6-12-9-11(14)13-8-10-4-2-3-5-10/h10,12H,2-9H2,1H3,(H,13,14). The number of nitrogens with one attached hydrogen (secondary N) is 2. The zero-order valence-corrected chi connectivity index (χ0v) is 9.55. The van der Waals surface area contributed by atoms with Crippen LogP contribution in [-0.4, -0.2) is 39.3 Å². The zero-order valence-electron chi connectivity index (χ0n) is 9.55. The van der Waals surface area contributed by atoms with E-state index in [1.54, 1.807) is 7.11 Å². The fourth-order valence-electron chi connectivity index (χ4n) is 1.91. The molecule has 0 aromatic carbocycles. The van der Waals surface area contributed by atoms with Gasteiger partial charge in [-0.1, -0.05) is 12.8 Å². The molecule has 1 saturated carbocycles. The highest BCUT2D eigenvalue weighted by Crippen LogP contribution is 2.23. The molecule has 0 spiro atoms. The average molecular weight is 214 g/mol. The Hall–Kier alpha value is -0.610. The summed E-state index contributed by atoms with van der Waals surface area (Å²) in [5.41, 5.74) is 0. The molecule has 0 aromatic heterocycles. The number of ether oxygens (including phenoxy) is 1. The first kappa shape index (κ1) is 12.5. The topological polar surface area (TPSA) is 50.4 Å². The molecular formula is C11H22N2O2. The Balaban J connectivity index is 1.93. The van der Waals surface area contributed by atoms with Crippen molar-refractivity contribution in [2.75, 3.05) is 33.4 Å². The van der Waals surface area contributed by atoms with E-state index < -0.39 is 0 Å². The summed E-state index contributed by atoms with van der Waals surface area (Å²) in [6.45, 7) is 2.63. The van der Waals surface area contributed by atoms with Gasteiger partial charge < -0.3 is 15.4 Å². The molecule has 0 atom stereocenters. The molecule has 88 valence electrons. The third kappa shape index (κ3) is 5.74. The van der Waals surface area contributed by atoms with Gasteiger partial charge in [0.2, 0.25) is 5.91 Å². The maximum atomic E-state index is 11.3. The predicted molar refractivity (Wildman–Crippen MR) is 59.7 cm³/mol. The predicted octanol–water partition coefficient (Wildman–Crippen LogP) is 0.529. The Labute approximate surface area is 91.8 Å². The fourth-order valence-corrected chi connectivity index (χ4v) is 1.91. The van der Waals surface area contributed by atoms with Gasteiger partial charge in [0.15, 0.2) is 0 Å². The highest BCUT2D eigenvalue weighted by atomic mass is 16.5. The lowest BCUT2D eigenvalue weighted by Crippen LogP contribution is -2.37. The van der Waals surface area contributed by atoms with Gasteiger partial charge in [0.1, 0.15) is 0 Å². The first-order chi connectivity index (χ1) is 7.33. The van der Waals surface area contributed by atoms with Gasteiger partial charge in [-0.3, -0.25) is 4.79 Å². The SMILES string of the molecule is COCCNCC(=O)NCC1CCCC1. The molecule has 1 aliphatic carbocycles. The van der Waals surface area contributed by atoms with Gasteiger partial charge in [0.25, 0.3) is 0 Å². The molecule has 0 bridgehead atoms. The number of rotatable bonds is 7.